The van der Waals surface area contributed by atoms with Crippen molar-refractivity contribution in [2.75, 3.05) is 23.5 Å². The van der Waals surface area contributed by atoms with Crippen molar-refractivity contribution in [3.05, 3.63) is 65.7 Å². The van der Waals surface area contributed by atoms with E-state index in [9.17, 15) is 9.59 Å². The van der Waals surface area contributed by atoms with Gasteiger partial charge in [-0.3, -0.25) is 15.0 Å². The zero-order valence-electron chi connectivity index (χ0n) is 16.0. The number of nitrogens with zero attached hydrogens (tertiary/aromatic N) is 2. The van der Waals surface area contributed by atoms with Crippen LogP contribution in [0, 0.1) is 5.92 Å². The highest BCUT2D eigenvalue weighted by Gasteiger charge is 2.34. The monoisotopic (exact) mass is 363 g/mol. The summed E-state index contributed by atoms with van der Waals surface area (Å²) in [5.74, 6) is -0.0674. The van der Waals surface area contributed by atoms with Gasteiger partial charge in [-0.05, 0) is 48.2 Å². The van der Waals surface area contributed by atoms with Gasteiger partial charge in [0.1, 0.15) is 5.57 Å². The lowest BCUT2D eigenvalue weighted by Crippen LogP contribution is -2.35. The maximum Gasteiger partial charge on any atom is 0.282 e. The number of carbonyl (C=O) groups excluding carboxylic acids is 2. The fourth-order valence-electron chi connectivity index (χ4n) is 2.89. The maximum atomic E-state index is 12.6. The molecule has 1 heterocycles. The molecule has 0 bridgehead atoms. The molecular formula is C22H25N3O2. The van der Waals surface area contributed by atoms with E-state index in [1.807, 2.05) is 42.5 Å². The van der Waals surface area contributed by atoms with Gasteiger partial charge in [-0.15, -0.1) is 0 Å². The Balaban J connectivity index is 1.74. The molecule has 0 saturated carbocycles. The van der Waals surface area contributed by atoms with Crippen LogP contribution >= 0.6 is 0 Å². The first-order chi connectivity index (χ1) is 13.0. The molecule has 2 amide bonds. The summed E-state index contributed by atoms with van der Waals surface area (Å²) >= 11 is 0. The lowest BCUT2D eigenvalue weighted by atomic mass is 10.1. The van der Waals surface area contributed by atoms with E-state index < -0.39 is 0 Å². The highest BCUT2D eigenvalue weighted by Crippen LogP contribution is 2.22. The molecular weight excluding hydrogens is 338 g/mol. The standard InChI is InChI=1S/C22H25N3O2/c1-16(2)13-14-24(3)18-11-9-17(10-12-18)15-20-21(26)23-25(22(20)27)19-7-5-4-6-8-19/h4-12,15-16H,13-14H2,1-3H3,(H,23,26)/b20-15+. The predicted octanol–water partition coefficient (Wildman–Crippen LogP) is 3.63. The van der Waals surface area contributed by atoms with Crippen LogP contribution in [0.1, 0.15) is 25.8 Å². The van der Waals surface area contributed by atoms with Crippen LogP contribution in [0.2, 0.25) is 0 Å². The molecule has 0 unspecified atom stereocenters. The average molecular weight is 363 g/mol. The minimum absolute atomic E-state index is 0.139. The number of hydrogen-bond donors (Lipinski definition) is 1. The van der Waals surface area contributed by atoms with Crippen LogP contribution in [0.5, 0.6) is 0 Å². The van der Waals surface area contributed by atoms with Crippen LogP contribution in [0.3, 0.4) is 0 Å². The average Bonchev–Trinajstić information content (AvgIpc) is 2.95. The topological polar surface area (TPSA) is 52.7 Å². The van der Waals surface area contributed by atoms with Crippen molar-refractivity contribution in [2.24, 2.45) is 5.92 Å². The molecule has 1 N–H and O–H groups in total. The fraction of sp³-hybridized carbons (Fsp3) is 0.273. The number of amides is 2. The van der Waals surface area contributed by atoms with Crippen molar-refractivity contribution in [3.8, 4) is 0 Å². The normalized spacial score (nSPS) is 15.6. The summed E-state index contributed by atoms with van der Waals surface area (Å²) < 4.78 is 0. The zero-order valence-corrected chi connectivity index (χ0v) is 16.0. The summed E-state index contributed by atoms with van der Waals surface area (Å²) in [4.78, 5) is 27.1. The molecule has 3 rings (SSSR count). The highest BCUT2D eigenvalue weighted by molar-refractivity contribution is 6.31. The van der Waals surface area contributed by atoms with E-state index in [-0.39, 0.29) is 17.4 Å². The number of anilines is 2. The lowest BCUT2D eigenvalue weighted by molar-refractivity contribution is -0.117. The van der Waals surface area contributed by atoms with Crippen LogP contribution in [-0.4, -0.2) is 25.4 Å². The molecule has 5 nitrogen and oxygen atoms in total. The number of hydrogen-bond acceptors (Lipinski definition) is 3. The summed E-state index contributed by atoms with van der Waals surface area (Å²) in [5, 5.41) is 1.28. The Labute approximate surface area is 160 Å². The Bertz CT molecular complexity index is 842. The van der Waals surface area contributed by atoms with E-state index in [2.05, 4.69) is 31.2 Å². The van der Waals surface area contributed by atoms with Gasteiger partial charge in [-0.25, -0.2) is 5.01 Å². The zero-order chi connectivity index (χ0) is 19.4. The van der Waals surface area contributed by atoms with E-state index >= 15 is 0 Å². The van der Waals surface area contributed by atoms with Gasteiger partial charge in [0.2, 0.25) is 0 Å². The molecule has 5 heteroatoms. The van der Waals surface area contributed by atoms with Gasteiger partial charge in [0.05, 0.1) is 5.69 Å². The quantitative estimate of drug-likeness (QED) is 0.630. The second-order valence-electron chi connectivity index (χ2n) is 7.17. The largest absolute Gasteiger partial charge is 0.375 e. The van der Waals surface area contributed by atoms with Crippen LogP contribution in [0.4, 0.5) is 11.4 Å². The number of rotatable bonds is 6. The smallest absolute Gasteiger partial charge is 0.282 e. The molecule has 0 atom stereocenters. The van der Waals surface area contributed by atoms with Gasteiger partial charge >= 0.3 is 0 Å². The van der Waals surface area contributed by atoms with Crippen LogP contribution in [-0.2, 0) is 9.59 Å². The molecule has 1 saturated heterocycles. The molecule has 140 valence electrons. The van der Waals surface area contributed by atoms with Crippen molar-refractivity contribution in [1.82, 2.24) is 5.43 Å². The predicted molar refractivity (Wildman–Crippen MR) is 109 cm³/mol. The van der Waals surface area contributed by atoms with Crippen molar-refractivity contribution in [3.63, 3.8) is 0 Å². The minimum atomic E-state index is -0.387. The first-order valence-electron chi connectivity index (χ1n) is 9.19. The highest BCUT2D eigenvalue weighted by atomic mass is 16.2. The van der Waals surface area contributed by atoms with Crippen LogP contribution in [0.25, 0.3) is 6.08 Å². The van der Waals surface area contributed by atoms with Gasteiger partial charge in [-0.2, -0.15) is 0 Å². The summed E-state index contributed by atoms with van der Waals surface area (Å²) in [7, 11) is 2.07. The Morgan fingerprint density at radius 3 is 2.33 bits per heavy atom. The van der Waals surface area contributed by atoms with Gasteiger partial charge in [-0.1, -0.05) is 44.2 Å². The van der Waals surface area contributed by atoms with Gasteiger partial charge < -0.3 is 4.90 Å². The molecule has 1 aliphatic rings. The second kappa shape index (κ2) is 8.08. The molecule has 0 aromatic heterocycles. The fourth-order valence-corrected chi connectivity index (χ4v) is 2.89. The van der Waals surface area contributed by atoms with E-state index in [1.165, 1.54) is 5.01 Å². The Kier molecular flexibility index (Phi) is 5.60. The number of benzene rings is 2. The number of para-hydroxylation sites is 1. The van der Waals surface area contributed by atoms with Gasteiger partial charge in [0.15, 0.2) is 0 Å². The van der Waals surface area contributed by atoms with E-state index in [4.69, 9.17) is 0 Å². The van der Waals surface area contributed by atoms with E-state index in [0.29, 0.717) is 11.6 Å². The van der Waals surface area contributed by atoms with E-state index in [0.717, 1.165) is 24.2 Å². The first-order valence-corrected chi connectivity index (χ1v) is 9.19. The van der Waals surface area contributed by atoms with Crippen LogP contribution < -0.4 is 15.3 Å². The van der Waals surface area contributed by atoms with E-state index in [1.54, 1.807) is 18.2 Å². The molecule has 27 heavy (non-hydrogen) atoms. The maximum absolute atomic E-state index is 12.6. The Morgan fingerprint density at radius 1 is 1.04 bits per heavy atom. The van der Waals surface area contributed by atoms with Crippen LogP contribution in [0.15, 0.2) is 60.2 Å². The third kappa shape index (κ3) is 4.37. The Hall–Kier alpha value is -3.08. The third-order valence-corrected chi connectivity index (χ3v) is 4.59. The molecule has 2 aromatic rings. The van der Waals surface area contributed by atoms with Gasteiger partial charge in [0, 0.05) is 19.3 Å². The summed E-state index contributed by atoms with van der Waals surface area (Å²) in [6.07, 6.45) is 2.77. The molecule has 1 aliphatic heterocycles. The molecule has 0 aliphatic carbocycles. The molecule has 1 fully saturated rings. The summed E-state index contributed by atoms with van der Waals surface area (Å²) in [5.41, 5.74) is 5.33. The number of hydrazine groups is 1. The second-order valence-corrected chi connectivity index (χ2v) is 7.17. The van der Waals surface area contributed by atoms with Crippen molar-refractivity contribution in [1.29, 1.82) is 0 Å². The minimum Gasteiger partial charge on any atom is -0.375 e. The lowest BCUT2D eigenvalue weighted by Gasteiger charge is -2.20. The third-order valence-electron chi connectivity index (χ3n) is 4.59. The van der Waals surface area contributed by atoms with Crippen molar-refractivity contribution in [2.45, 2.75) is 20.3 Å². The number of nitrogens with one attached hydrogen (secondary N) is 1. The first kappa shape index (κ1) is 18.7. The van der Waals surface area contributed by atoms with Crippen molar-refractivity contribution >= 4 is 29.3 Å². The molecule has 0 radical (unpaired) electrons. The van der Waals surface area contributed by atoms with Gasteiger partial charge in [0.25, 0.3) is 11.8 Å². The summed E-state index contributed by atoms with van der Waals surface area (Å²) in [6, 6.07) is 17.0. The number of carbonyl (C=O) groups is 2. The summed E-state index contributed by atoms with van der Waals surface area (Å²) in [6.45, 7) is 5.42. The Morgan fingerprint density at radius 2 is 1.70 bits per heavy atom. The van der Waals surface area contributed by atoms with Crippen molar-refractivity contribution < 1.29 is 9.59 Å². The molecule has 2 aromatic carbocycles. The SMILES string of the molecule is CC(C)CCN(C)c1ccc(/C=C2\C(=O)NN(c3ccccc3)C2=O)cc1. The molecule has 0 spiro atoms.